The number of benzene rings is 1. The maximum atomic E-state index is 12.2. The molecule has 7 nitrogen and oxygen atoms in total. The molecule has 2 heterocycles. The van der Waals surface area contributed by atoms with E-state index in [0.717, 1.165) is 0 Å². The van der Waals surface area contributed by atoms with E-state index >= 15 is 0 Å². The lowest BCUT2D eigenvalue weighted by molar-refractivity contribution is -0.274. The second kappa shape index (κ2) is 8.72. The Bertz CT molecular complexity index is 943. The van der Waals surface area contributed by atoms with E-state index in [1.54, 1.807) is 31.5 Å². The summed E-state index contributed by atoms with van der Waals surface area (Å²) >= 11 is 0. The van der Waals surface area contributed by atoms with Crippen LogP contribution in [0.15, 0.2) is 53.3 Å². The fraction of sp³-hybridized carbons (Fsp3) is 0.263. The fourth-order valence-electron chi connectivity index (χ4n) is 2.54. The molecule has 152 valence electrons. The average Bonchev–Trinajstić information content (AvgIpc) is 3.15. The summed E-state index contributed by atoms with van der Waals surface area (Å²) in [5.74, 6) is 0.137. The molecule has 0 spiro atoms. The van der Waals surface area contributed by atoms with Crippen molar-refractivity contribution in [1.82, 2.24) is 20.4 Å². The monoisotopic (exact) mass is 406 g/mol. The van der Waals surface area contributed by atoms with E-state index in [2.05, 4.69) is 25.2 Å². The second-order valence-electron chi connectivity index (χ2n) is 6.16. The van der Waals surface area contributed by atoms with Crippen LogP contribution in [0, 0.1) is 0 Å². The minimum atomic E-state index is -4.74. The number of amides is 1. The molecule has 0 fully saturated rings. The van der Waals surface area contributed by atoms with Gasteiger partial charge in [0.2, 0.25) is 17.6 Å². The third-order valence-electron chi connectivity index (χ3n) is 3.94. The van der Waals surface area contributed by atoms with Crippen LogP contribution in [0.25, 0.3) is 11.4 Å². The zero-order valence-corrected chi connectivity index (χ0v) is 15.3. The highest BCUT2D eigenvalue weighted by Crippen LogP contribution is 2.24. The highest BCUT2D eigenvalue weighted by molar-refractivity contribution is 5.76. The maximum Gasteiger partial charge on any atom is 0.573 e. The Kier molecular flexibility index (Phi) is 6.10. The molecule has 1 aromatic carbocycles. The van der Waals surface area contributed by atoms with Gasteiger partial charge in [0, 0.05) is 30.8 Å². The van der Waals surface area contributed by atoms with Crippen LogP contribution in [0.2, 0.25) is 0 Å². The predicted octanol–water partition coefficient (Wildman–Crippen LogP) is 3.84. The Morgan fingerprint density at radius 1 is 1.24 bits per heavy atom. The lowest BCUT2D eigenvalue weighted by atomic mass is 10.1. The second-order valence-corrected chi connectivity index (χ2v) is 6.16. The number of hydrogen-bond acceptors (Lipinski definition) is 6. The van der Waals surface area contributed by atoms with Crippen LogP contribution in [0.4, 0.5) is 13.2 Å². The maximum absolute atomic E-state index is 12.2. The van der Waals surface area contributed by atoms with Gasteiger partial charge >= 0.3 is 6.36 Å². The summed E-state index contributed by atoms with van der Waals surface area (Å²) in [6.45, 7) is 1.73. The molecular weight excluding hydrogens is 389 g/mol. The number of rotatable bonds is 7. The van der Waals surface area contributed by atoms with Gasteiger partial charge in [0.05, 0.1) is 6.04 Å². The molecule has 0 aliphatic heterocycles. The minimum Gasteiger partial charge on any atom is -0.406 e. The van der Waals surface area contributed by atoms with Gasteiger partial charge in [-0.15, -0.1) is 13.2 Å². The number of aromatic nitrogens is 3. The molecule has 3 aromatic rings. The molecule has 0 bridgehead atoms. The van der Waals surface area contributed by atoms with Crippen molar-refractivity contribution in [1.29, 1.82) is 0 Å². The number of ether oxygens (including phenoxy) is 1. The Balaban J connectivity index is 1.50. The number of nitrogens with one attached hydrogen (secondary N) is 1. The number of pyridine rings is 1. The van der Waals surface area contributed by atoms with Crippen LogP contribution in [-0.2, 0) is 11.2 Å². The molecule has 0 radical (unpaired) electrons. The zero-order valence-electron chi connectivity index (χ0n) is 15.3. The minimum absolute atomic E-state index is 0.119. The number of halogens is 3. The standard InChI is InChI=1S/C19H17F3N4O3/c1-12(13-4-6-15(7-5-13)28-19(20,21)22)24-16(27)8-9-17-25-18(26-29-17)14-3-2-10-23-11-14/h2-7,10-12H,8-9H2,1H3,(H,24,27). The lowest BCUT2D eigenvalue weighted by Gasteiger charge is -2.15. The summed E-state index contributed by atoms with van der Waals surface area (Å²) in [7, 11) is 0. The van der Waals surface area contributed by atoms with Crippen molar-refractivity contribution < 1.29 is 27.2 Å². The molecule has 0 aliphatic carbocycles. The highest BCUT2D eigenvalue weighted by Gasteiger charge is 2.31. The van der Waals surface area contributed by atoms with E-state index in [1.165, 1.54) is 24.3 Å². The number of carbonyl (C=O) groups is 1. The Morgan fingerprint density at radius 3 is 2.66 bits per heavy atom. The van der Waals surface area contributed by atoms with Gasteiger partial charge in [-0.1, -0.05) is 17.3 Å². The van der Waals surface area contributed by atoms with Crippen LogP contribution in [0.3, 0.4) is 0 Å². The smallest absolute Gasteiger partial charge is 0.406 e. The Morgan fingerprint density at radius 2 is 2.00 bits per heavy atom. The third-order valence-corrected chi connectivity index (χ3v) is 3.94. The molecular formula is C19H17F3N4O3. The van der Waals surface area contributed by atoms with Crippen LogP contribution < -0.4 is 10.1 Å². The summed E-state index contributed by atoms with van der Waals surface area (Å²) < 4.78 is 45.5. The van der Waals surface area contributed by atoms with Gasteiger partial charge < -0.3 is 14.6 Å². The van der Waals surface area contributed by atoms with Gasteiger partial charge in [0.1, 0.15) is 5.75 Å². The first-order valence-electron chi connectivity index (χ1n) is 8.68. The molecule has 0 aliphatic rings. The summed E-state index contributed by atoms with van der Waals surface area (Å²) in [5.41, 5.74) is 1.35. The molecule has 2 aromatic heterocycles. The normalized spacial score (nSPS) is 12.4. The number of alkyl halides is 3. The molecule has 0 saturated carbocycles. The Hall–Kier alpha value is -3.43. The molecule has 10 heteroatoms. The van der Waals surface area contributed by atoms with Gasteiger partial charge in [-0.05, 0) is 36.8 Å². The van der Waals surface area contributed by atoms with E-state index in [0.29, 0.717) is 22.8 Å². The first-order chi connectivity index (χ1) is 13.8. The molecule has 1 atom stereocenters. The molecule has 1 amide bonds. The molecule has 29 heavy (non-hydrogen) atoms. The zero-order chi connectivity index (χ0) is 20.9. The Labute approximate surface area is 163 Å². The number of carbonyl (C=O) groups excluding carboxylic acids is 1. The van der Waals surface area contributed by atoms with Crippen LogP contribution >= 0.6 is 0 Å². The number of aryl methyl sites for hydroxylation is 1. The quantitative estimate of drug-likeness (QED) is 0.641. The van der Waals surface area contributed by atoms with Crippen molar-refractivity contribution in [3.05, 3.63) is 60.2 Å². The van der Waals surface area contributed by atoms with Crippen molar-refractivity contribution in [2.75, 3.05) is 0 Å². The van der Waals surface area contributed by atoms with Crippen molar-refractivity contribution in [2.24, 2.45) is 0 Å². The third kappa shape index (κ3) is 6.03. The fourth-order valence-corrected chi connectivity index (χ4v) is 2.54. The van der Waals surface area contributed by atoms with Crippen molar-refractivity contribution in [3.63, 3.8) is 0 Å². The van der Waals surface area contributed by atoms with Crippen LogP contribution in [-0.4, -0.2) is 27.4 Å². The van der Waals surface area contributed by atoms with Gasteiger partial charge in [0.25, 0.3) is 0 Å². The van der Waals surface area contributed by atoms with E-state index in [1.807, 2.05) is 0 Å². The van der Waals surface area contributed by atoms with E-state index < -0.39 is 12.4 Å². The summed E-state index contributed by atoms with van der Waals surface area (Å²) in [6.07, 6.45) is -1.13. The number of hydrogen-bond donors (Lipinski definition) is 1. The molecule has 1 unspecified atom stereocenters. The summed E-state index contributed by atoms with van der Waals surface area (Å²) in [4.78, 5) is 20.4. The van der Waals surface area contributed by atoms with Gasteiger partial charge in [0.15, 0.2) is 0 Å². The predicted molar refractivity (Wildman–Crippen MR) is 95.5 cm³/mol. The van der Waals surface area contributed by atoms with Gasteiger partial charge in [-0.2, -0.15) is 4.98 Å². The van der Waals surface area contributed by atoms with E-state index in [4.69, 9.17) is 4.52 Å². The summed E-state index contributed by atoms with van der Waals surface area (Å²) in [5, 5.41) is 6.63. The first kappa shape index (κ1) is 20.3. The molecule has 0 saturated heterocycles. The van der Waals surface area contributed by atoms with Crippen molar-refractivity contribution in [3.8, 4) is 17.1 Å². The highest BCUT2D eigenvalue weighted by atomic mass is 19.4. The average molecular weight is 406 g/mol. The van der Waals surface area contributed by atoms with Gasteiger partial charge in [-0.3, -0.25) is 9.78 Å². The number of nitrogens with zero attached hydrogens (tertiary/aromatic N) is 3. The summed E-state index contributed by atoms with van der Waals surface area (Å²) in [6, 6.07) is 8.47. The SMILES string of the molecule is CC(NC(=O)CCc1nc(-c2cccnc2)no1)c1ccc(OC(F)(F)F)cc1. The largest absolute Gasteiger partial charge is 0.573 e. The van der Waals surface area contributed by atoms with E-state index in [-0.39, 0.29) is 24.5 Å². The van der Waals surface area contributed by atoms with Crippen LogP contribution in [0.1, 0.15) is 30.8 Å². The van der Waals surface area contributed by atoms with Crippen molar-refractivity contribution >= 4 is 5.91 Å². The van der Waals surface area contributed by atoms with E-state index in [9.17, 15) is 18.0 Å². The first-order valence-corrected chi connectivity index (χ1v) is 8.68. The molecule has 3 rings (SSSR count). The van der Waals surface area contributed by atoms with Crippen LogP contribution in [0.5, 0.6) is 5.75 Å². The lowest BCUT2D eigenvalue weighted by Crippen LogP contribution is -2.26. The van der Waals surface area contributed by atoms with Gasteiger partial charge in [-0.25, -0.2) is 0 Å². The topological polar surface area (TPSA) is 90.1 Å². The van der Waals surface area contributed by atoms with Crippen molar-refractivity contribution in [2.45, 2.75) is 32.2 Å². The molecule has 1 N–H and O–H groups in total.